The zero-order valence-electron chi connectivity index (χ0n) is 13.8. The lowest BCUT2D eigenvalue weighted by Crippen LogP contribution is -2.51. The molecule has 1 saturated heterocycles. The van der Waals surface area contributed by atoms with Crippen molar-refractivity contribution in [1.82, 2.24) is 0 Å². The first-order valence-corrected chi connectivity index (χ1v) is 3.88. The van der Waals surface area contributed by atoms with Crippen molar-refractivity contribution in [1.29, 1.82) is 0 Å². The quantitative estimate of drug-likeness (QED) is 0.789. The topological polar surface area (TPSA) is 25.6 Å². The molecule has 1 aromatic rings. The molecule has 66 valence electrons. The molecule has 0 saturated carbocycles. The number of furan rings is 1. The van der Waals surface area contributed by atoms with Crippen LogP contribution in [-0.4, -0.2) is 26.1 Å². The number of ether oxygens (including phenoxy) is 1. The number of halogens is 1. The van der Waals surface area contributed by atoms with Gasteiger partial charge in [-0.2, -0.15) is 0 Å². The van der Waals surface area contributed by atoms with Crippen molar-refractivity contribution < 1.29 is 20.1 Å². The summed E-state index contributed by atoms with van der Waals surface area (Å²) in [7, 11) is -3.10. The number of rotatable bonds is 2. The van der Waals surface area contributed by atoms with E-state index in [-0.39, 0.29) is 10.6 Å². The van der Waals surface area contributed by atoms with E-state index in [9.17, 15) is 0 Å². The van der Waals surface area contributed by atoms with Gasteiger partial charge in [0.1, 0.15) is 0 Å². The highest BCUT2D eigenvalue weighted by Crippen LogP contribution is 2.26. The lowest BCUT2D eigenvalue weighted by atomic mass is 10.2. The third-order valence-electron chi connectivity index (χ3n) is 1.31. The summed E-state index contributed by atoms with van der Waals surface area (Å²) >= 11 is 3.00. The van der Waals surface area contributed by atoms with Crippen LogP contribution in [0.5, 0.6) is 0 Å². The van der Waals surface area contributed by atoms with E-state index in [1.165, 1.54) is 12.1 Å². The van der Waals surface area contributed by atoms with Gasteiger partial charge in [0.15, 0.2) is 10.6 Å². The summed E-state index contributed by atoms with van der Waals surface area (Å²) < 4.78 is 69.5. The second kappa shape index (κ2) is 3.11. The van der Waals surface area contributed by atoms with Crippen LogP contribution < -0.4 is 4.90 Å². The number of hydrogen-bond acceptors (Lipinski definition) is 3. The maximum atomic E-state index is 7.78. The molecule has 1 fully saturated rings. The Balaban J connectivity index is 2.41. The molecule has 1 aromatic heterocycles. The summed E-state index contributed by atoms with van der Waals surface area (Å²) in [6.07, 6.45) is -2.91. The second-order valence-electron chi connectivity index (χ2n) is 2.07. The van der Waals surface area contributed by atoms with Crippen LogP contribution in [-0.2, 0) is 4.74 Å². The van der Waals surface area contributed by atoms with Crippen molar-refractivity contribution >= 4 is 21.8 Å². The van der Waals surface area contributed by atoms with E-state index < -0.39 is 26.1 Å². The third kappa shape index (κ3) is 1.36. The smallest absolute Gasteiger partial charge is 0.197 e. The normalized spacial score (nSPS) is 39.9. The number of nitrogens with zero attached hydrogens (tertiary/aromatic N) is 1. The average molecular weight is 240 g/mol. The molecule has 0 bridgehead atoms. The lowest BCUT2D eigenvalue weighted by molar-refractivity contribution is 0.0762. The first kappa shape index (κ1) is 3.03. The Labute approximate surface area is 90.7 Å². The SMILES string of the molecule is [2H]C([2H])([2H])OC1([2H])C([2H])([2H])N(c2ccc(Br)o2)C1([2H])[2H]. The molecule has 2 heterocycles. The Morgan fingerprint density at radius 2 is 2.75 bits per heavy atom. The fourth-order valence-corrected chi connectivity index (χ4v) is 1.08. The first-order valence-electron chi connectivity index (χ1n) is 7.09. The minimum Gasteiger partial charge on any atom is -0.434 e. The van der Waals surface area contributed by atoms with Gasteiger partial charge in [0.2, 0.25) is 0 Å². The van der Waals surface area contributed by atoms with Crippen LogP contribution in [0.2, 0.25) is 0 Å². The van der Waals surface area contributed by atoms with Gasteiger partial charge in [0, 0.05) is 26.1 Å². The lowest BCUT2D eigenvalue weighted by Gasteiger charge is -2.37. The second-order valence-corrected chi connectivity index (χ2v) is 2.85. The summed E-state index contributed by atoms with van der Waals surface area (Å²) in [5.74, 6) is -0.177. The summed E-state index contributed by atoms with van der Waals surface area (Å²) in [4.78, 5) is 0.531. The van der Waals surface area contributed by atoms with Crippen molar-refractivity contribution in [3.05, 3.63) is 16.8 Å². The molecule has 0 radical (unpaired) electrons. The fourth-order valence-electron chi connectivity index (χ4n) is 0.784. The highest BCUT2D eigenvalue weighted by Gasteiger charge is 2.28. The molecule has 0 N–H and O–H groups in total. The first-order chi connectivity index (χ1) is 8.83. The van der Waals surface area contributed by atoms with E-state index in [1.807, 2.05) is 0 Å². The maximum absolute atomic E-state index is 7.78. The van der Waals surface area contributed by atoms with Crippen molar-refractivity contribution in [2.75, 3.05) is 24.9 Å². The summed E-state index contributed by atoms with van der Waals surface area (Å²) in [6, 6.07) is 2.73. The Morgan fingerprint density at radius 1 is 1.92 bits per heavy atom. The molecule has 0 aromatic carbocycles. The van der Waals surface area contributed by atoms with Gasteiger partial charge in [0.25, 0.3) is 0 Å². The molecule has 1 aliphatic heterocycles. The van der Waals surface area contributed by atoms with Gasteiger partial charge in [-0.3, -0.25) is 0 Å². The van der Waals surface area contributed by atoms with Crippen LogP contribution in [0, 0.1) is 0 Å². The predicted molar refractivity (Wildman–Crippen MR) is 49.4 cm³/mol. The van der Waals surface area contributed by atoms with Gasteiger partial charge in [-0.25, -0.2) is 0 Å². The molecule has 2 rings (SSSR count). The highest BCUT2D eigenvalue weighted by molar-refractivity contribution is 9.10. The van der Waals surface area contributed by atoms with E-state index in [4.69, 9.17) is 15.4 Å². The molecule has 0 unspecified atom stereocenters. The van der Waals surface area contributed by atoms with Crippen LogP contribution >= 0.6 is 15.9 Å². The van der Waals surface area contributed by atoms with Crippen LogP contribution in [0.25, 0.3) is 0 Å². The van der Waals surface area contributed by atoms with Crippen molar-refractivity contribution in [3.63, 3.8) is 0 Å². The Morgan fingerprint density at radius 3 is 3.33 bits per heavy atom. The Kier molecular flexibility index (Phi) is 0.784. The van der Waals surface area contributed by atoms with Crippen LogP contribution in [0.3, 0.4) is 0 Å². The highest BCUT2D eigenvalue weighted by atomic mass is 79.9. The monoisotopic (exact) mass is 239 g/mol. The summed E-state index contributed by atoms with van der Waals surface area (Å²) in [5, 5.41) is 0. The molecular weight excluding hydrogens is 222 g/mol. The molecule has 12 heavy (non-hydrogen) atoms. The zero-order chi connectivity index (χ0) is 15.6. The number of methoxy groups -OCH3 is 1. The van der Waals surface area contributed by atoms with E-state index in [0.717, 1.165) is 0 Å². The molecule has 4 heteroatoms. The third-order valence-corrected chi connectivity index (χ3v) is 1.73. The number of anilines is 1. The van der Waals surface area contributed by atoms with Crippen LogP contribution in [0.4, 0.5) is 5.88 Å². The van der Waals surface area contributed by atoms with Crippen LogP contribution in [0.15, 0.2) is 21.2 Å². The van der Waals surface area contributed by atoms with E-state index in [0.29, 0.717) is 4.90 Å². The van der Waals surface area contributed by atoms with Crippen molar-refractivity contribution in [2.45, 2.75) is 6.08 Å². The van der Waals surface area contributed by atoms with Gasteiger partial charge in [-0.05, 0) is 22.0 Å². The molecule has 1 aliphatic rings. The molecule has 3 nitrogen and oxygen atoms in total. The fraction of sp³-hybridized carbons (Fsp3) is 0.500. The van der Waals surface area contributed by atoms with E-state index >= 15 is 0 Å². The van der Waals surface area contributed by atoms with Crippen molar-refractivity contribution in [2.24, 2.45) is 0 Å². The largest absolute Gasteiger partial charge is 0.434 e. The van der Waals surface area contributed by atoms with Gasteiger partial charge in [-0.15, -0.1) is 0 Å². The van der Waals surface area contributed by atoms with E-state index in [2.05, 4.69) is 20.7 Å². The van der Waals surface area contributed by atoms with E-state index in [1.54, 1.807) is 0 Å². The molecular formula is C8H10BrNO2. The Hall–Kier alpha value is -0.480. The van der Waals surface area contributed by atoms with Gasteiger partial charge < -0.3 is 14.1 Å². The molecule has 0 spiro atoms. The maximum Gasteiger partial charge on any atom is 0.197 e. The van der Waals surface area contributed by atoms with Gasteiger partial charge >= 0.3 is 0 Å². The molecule has 0 atom stereocenters. The Bertz CT molecular complexity index is 511. The predicted octanol–water partition coefficient (Wildman–Crippen LogP) is 1.88. The molecule has 0 aliphatic carbocycles. The summed E-state index contributed by atoms with van der Waals surface area (Å²) in [6.45, 7) is -5.44. The molecule has 0 amide bonds. The average Bonchev–Trinajstić information content (AvgIpc) is 2.60. The minimum atomic E-state index is -3.10. The standard InChI is InChI=1S/C8H10BrNO2/c1-11-6-4-10(5-6)8-3-2-7(9)12-8/h2-3,6H,4-5H2,1H3/i1D3,4D2,5D2,6D. The van der Waals surface area contributed by atoms with Crippen LogP contribution in [0.1, 0.15) is 11.0 Å². The zero-order valence-corrected chi connectivity index (χ0v) is 7.38. The minimum absolute atomic E-state index is 0.177. The number of hydrogen-bond donors (Lipinski definition) is 0. The summed E-state index contributed by atoms with van der Waals surface area (Å²) in [5.41, 5.74) is 0. The van der Waals surface area contributed by atoms with Crippen molar-refractivity contribution in [3.8, 4) is 0 Å². The van der Waals surface area contributed by atoms with Gasteiger partial charge in [0.05, 0.1) is 17.0 Å². The van der Waals surface area contributed by atoms with Gasteiger partial charge in [-0.1, -0.05) is 0 Å².